The van der Waals surface area contributed by atoms with Crippen LogP contribution in [0.15, 0.2) is 24.3 Å². The molecule has 5 nitrogen and oxygen atoms in total. The number of rotatable bonds is 2. The van der Waals surface area contributed by atoms with Crippen LogP contribution >= 0.6 is 0 Å². The number of hydrogen-bond donors (Lipinski definition) is 0. The summed E-state index contributed by atoms with van der Waals surface area (Å²) in [6.45, 7) is 7.85. The van der Waals surface area contributed by atoms with E-state index in [1.807, 2.05) is 4.90 Å². The predicted octanol–water partition coefficient (Wildman–Crippen LogP) is 3.40. The third-order valence-electron chi connectivity index (χ3n) is 5.68. The summed E-state index contributed by atoms with van der Waals surface area (Å²) in [5.41, 5.74) is 1.07. The molecular weight excluding hydrogens is 338 g/mol. The molecule has 2 aliphatic rings. The molecule has 5 heteroatoms. The number of amides is 2. The van der Waals surface area contributed by atoms with Gasteiger partial charge in [-0.2, -0.15) is 5.26 Å². The summed E-state index contributed by atoms with van der Waals surface area (Å²) in [5, 5.41) is 8.93. The normalized spacial score (nSPS) is 23.2. The summed E-state index contributed by atoms with van der Waals surface area (Å²) >= 11 is 0. The first-order chi connectivity index (χ1) is 12.8. The van der Waals surface area contributed by atoms with Crippen LogP contribution in [0.1, 0.15) is 62.4 Å². The van der Waals surface area contributed by atoms with Crippen molar-refractivity contribution in [2.24, 2.45) is 5.41 Å². The molecule has 0 aliphatic carbocycles. The van der Waals surface area contributed by atoms with Crippen LogP contribution in [-0.2, 0) is 4.79 Å². The minimum atomic E-state index is -0.379. The smallest absolute Gasteiger partial charge is 0.254 e. The topological polar surface area (TPSA) is 64.4 Å². The second-order valence-electron chi connectivity index (χ2n) is 8.57. The van der Waals surface area contributed by atoms with E-state index in [-0.39, 0.29) is 29.3 Å². The summed E-state index contributed by atoms with van der Waals surface area (Å²) < 4.78 is 0. The second kappa shape index (κ2) is 7.72. The van der Waals surface area contributed by atoms with E-state index in [4.69, 9.17) is 5.26 Å². The van der Waals surface area contributed by atoms with Crippen molar-refractivity contribution in [2.75, 3.05) is 13.1 Å². The van der Waals surface area contributed by atoms with E-state index in [0.29, 0.717) is 17.7 Å². The van der Waals surface area contributed by atoms with E-state index in [9.17, 15) is 9.59 Å². The van der Waals surface area contributed by atoms with Crippen molar-refractivity contribution in [1.29, 1.82) is 5.26 Å². The maximum Gasteiger partial charge on any atom is 0.254 e. The van der Waals surface area contributed by atoms with Crippen molar-refractivity contribution in [3.8, 4) is 6.07 Å². The third kappa shape index (κ3) is 4.00. The summed E-state index contributed by atoms with van der Waals surface area (Å²) in [7, 11) is 0. The quantitative estimate of drug-likeness (QED) is 0.806. The minimum Gasteiger partial charge on any atom is -0.337 e. The zero-order valence-electron chi connectivity index (χ0n) is 16.4. The van der Waals surface area contributed by atoms with Crippen molar-refractivity contribution >= 4 is 11.8 Å². The fourth-order valence-electron chi connectivity index (χ4n) is 4.19. The van der Waals surface area contributed by atoms with Crippen LogP contribution < -0.4 is 0 Å². The zero-order chi connectivity index (χ0) is 19.6. The molecule has 0 N–H and O–H groups in total. The first kappa shape index (κ1) is 19.4. The maximum absolute atomic E-state index is 13.4. The van der Waals surface area contributed by atoms with Gasteiger partial charge < -0.3 is 9.80 Å². The highest BCUT2D eigenvalue weighted by Crippen LogP contribution is 2.33. The lowest BCUT2D eigenvalue weighted by atomic mass is 9.80. The molecular formula is C22H28N3O2. The number of carbonyl (C=O) groups excluding carboxylic acids is 2. The highest BCUT2D eigenvalue weighted by atomic mass is 16.2. The van der Waals surface area contributed by atoms with E-state index < -0.39 is 0 Å². The Balaban J connectivity index is 1.79. The van der Waals surface area contributed by atoms with Crippen LogP contribution in [0.25, 0.3) is 0 Å². The lowest BCUT2D eigenvalue weighted by molar-refractivity contribution is -0.141. The standard InChI is InChI=1S/C22H28N3O2/c1-22(2,3)19-8-4-5-13-25(19)21(27)18-7-6-14-24(18)20(26)17-11-9-16(15-23)10-12-17/h4,9-12,18-19H,5-8,13-14H2,1-3H3/t18-,19?/m0/s1. The second-order valence-corrected chi connectivity index (χ2v) is 8.57. The molecule has 2 heterocycles. The Morgan fingerprint density at radius 1 is 1.11 bits per heavy atom. The van der Waals surface area contributed by atoms with Crippen LogP contribution in [0.4, 0.5) is 0 Å². The highest BCUT2D eigenvalue weighted by molar-refractivity contribution is 5.98. The summed E-state index contributed by atoms with van der Waals surface area (Å²) in [6.07, 6.45) is 5.66. The Morgan fingerprint density at radius 2 is 1.81 bits per heavy atom. The molecule has 1 aromatic carbocycles. The van der Waals surface area contributed by atoms with Crippen molar-refractivity contribution < 1.29 is 9.59 Å². The van der Waals surface area contributed by atoms with E-state index in [1.165, 1.54) is 0 Å². The number of likely N-dealkylation sites (tertiary alicyclic amines) is 2. The van der Waals surface area contributed by atoms with Gasteiger partial charge in [0.15, 0.2) is 0 Å². The van der Waals surface area contributed by atoms with Gasteiger partial charge in [-0.1, -0.05) is 20.8 Å². The zero-order valence-corrected chi connectivity index (χ0v) is 16.4. The summed E-state index contributed by atoms with van der Waals surface area (Å²) in [5.74, 6) is -0.0336. The van der Waals surface area contributed by atoms with Crippen LogP contribution in [0.3, 0.4) is 0 Å². The van der Waals surface area contributed by atoms with Crippen molar-refractivity contribution in [1.82, 2.24) is 9.80 Å². The van der Waals surface area contributed by atoms with Crippen molar-refractivity contribution in [3.05, 3.63) is 41.8 Å². The van der Waals surface area contributed by atoms with Gasteiger partial charge >= 0.3 is 0 Å². The van der Waals surface area contributed by atoms with Gasteiger partial charge in [0.25, 0.3) is 5.91 Å². The first-order valence-corrected chi connectivity index (χ1v) is 9.76. The van der Waals surface area contributed by atoms with Crippen molar-refractivity contribution in [2.45, 2.75) is 58.5 Å². The van der Waals surface area contributed by atoms with Crippen LogP contribution in [0, 0.1) is 23.2 Å². The molecule has 2 amide bonds. The average molecular weight is 366 g/mol. The van der Waals surface area contributed by atoms with Gasteiger partial charge in [-0.3, -0.25) is 9.59 Å². The molecule has 0 saturated carbocycles. The molecule has 2 saturated heterocycles. The van der Waals surface area contributed by atoms with Crippen molar-refractivity contribution in [3.63, 3.8) is 0 Å². The van der Waals surface area contributed by atoms with Gasteiger partial charge in [-0.25, -0.2) is 0 Å². The Labute approximate surface area is 161 Å². The van der Waals surface area contributed by atoms with Gasteiger partial charge in [-0.15, -0.1) is 0 Å². The minimum absolute atomic E-state index is 0.00709. The molecule has 0 bridgehead atoms. The van der Waals surface area contributed by atoms with Gasteiger partial charge in [0.2, 0.25) is 5.91 Å². The molecule has 0 aromatic heterocycles. The Bertz CT molecular complexity index is 742. The molecule has 2 fully saturated rings. The SMILES string of the molecule is CC(C)(C)C1C[CH]CCN1C(=O)[C@@H]1CCCN1C(=O)c1ccc(C#N)cc1. The number of hydrogen-bond acceptors (Lipinski definition) is 3. The Kier molecular flexibility index (Phi) is 5.55. The lowest BCUT2D eigenvalue weighted by Crippen LogP contribution is -2.56. The predicted molar refractivity (Wildman–Crippen MR) is 104 cm³/mol. The molecule has 1 radical (unpaired) electrons. The highest BCUT2D eigenvalue weighted by Gasteiger charge is 2.42. The fourth-order valence-corrected chi connectivity index (χ4v) is 4.19. The molecule has 1 unspecified atom stereocenters. The van der Waals surface area contributed by atoms with Gasteiger partial charge in [0, 0.05) is 24.7 Å². The van der Waals surface area contributed by atoms with Gasteiger partial charge in [0.05, 0.1) is 11.6 Å². The van der Waals surface area contributed by atoms with E-state index in [0.717, 1.165) is 32.2 Å². The molecule has 27 heavy (non-hydrogen) atoms. The number of carbonyl (C=O) groups is 2. The molecule has 143 valence electrons. The summed E-state index contributed by atoms with van der Waals surface area (Å²) in [6, 6.07) is 8.51. The fraction of sp³-hybridized carbons (Fsp3) is 0.545. The first-order valence-electron chi connectivity index (χ1n) is 9.76. The number of benzene rings is 1. The van der Waals surface area contributed by atoms with Crippen LogP contribution in [0.2, 0.25) is 0 Å². The molecule has 2 atom stereocenters. The van der Waals surface area contributed by atoms with E-state index in [1.54, 1.807) is 29.2 Å². The largest absolute Gasteiger partial charge is 0.337 e. The Hall–Kier alpha value is -2.35. The van der Waals surface area contributed by atoms with Gasteiger partial charge in [0.1, 0.15) is 6.04 Å². The number of nitriles is 1. The van der Waals surface area contributed by atoms with Crippen LogP contribution in [-0.4, -0.2) is 46.8 Å². The monoisotopic (exact) mass is 366 g/mol. The summed E-state index contributed by atoms with van der Waals surface area (Å²) in [4.78, 5) is 30.1. The lowest BCUT2D eigenvalue weighted by Gasteiger charge is -2.45. The van der Waals surface area contributed by atoms with Crippen LogP contribution in [0.5, 0.6) is 0 Å². The Morgan fingerprint density at radius 3 is 2.44 bits per heavy atom. The van der Waals surface area contributed by atoms with Gasteiger partial charge in [-0.05, 0) is 61.8 Å². The molecule has 0 spiro atoms. The van der Waals surface area contributed by atoms with E-state index >= 15 is 0 Å². The number of nitrogens with zero attached hydrogens (tertiary/aromatic N) is 3. The third-order valence-corrected chi connectivity index (χ3v) is 5.68. The average Bonchev–Trinajstić information content (AvgIpc) is 3.16. The molecule has 1 aromatic rings. The molecule has 3 rings (SSSR count). The van der Waals surface area contributed by atoms with E-state index in [2.05, 4.69) is 33.3 Å². The maximum atomic E-state index is 13.4. The number of piperidine rings is 1. The molecule has 2 aliphatic heterocycles.